The smallest absolute Gasteiger partial charge is 0.411 e. The molecule has 0 spiro atoms. The highest BCUT2D eigenvalue weighted by Gasteiger charge is 2.17. The van der Waals surface area contributed by atoms with Gasteiger partial charge in [-0.3, -0.25) is 10.1 Å². The fraction of sp³-hybridized carbons (Fsp3) is 0.261. The van der Waals surface area contributed by atoms with Crippen LogP contribution in [0, 0.1) is 17.6 Å². The minimum atomic E-state index is -0.742. The van der Waals surface area contributed by atoms with Crippen molar-refractivity contribution in [2.75, 3.05) is 25.1 Å². The van der Waals surface area contributed by atoms with Gasteiger partial charge in [0.25, 0.3) is 0 Å². The highest BCUT2D eigenvalue weighted by Crippen LogP contribution is 2.16. The van der Waals surface area contributed by atoms with Gasteiger partial charge in [-0.1, -0.05) is 12.1 Å². The summed E-state index contributed by atoms with van der Waals surface area (Å²) >= 11 is 0. The Bertz CT molecular complexity index is 1160. The second-order valence-corrected chi connectivity index (χ2v) is 7.53. The Balaban J connectivity index is 1.46. The van der Waals surface area contributed by atoms with Gasteiger partial charge >= 0.3 is 6.09 Å². The van der Waals surface area contributed by atoms with Gasteiger partial charge in [-0.05, 0) is 36.2 Å². The first-order chi connectivity index (χ1) is 15.5. The molecule has 1 N–H and O–H groups in total. The summed E-state index contributed by atoms with van der Waals surface area (Å²) in [5, 5.41) is 6.90. The molecule has 9 heteroatoms. The van der Waals surface area contributed by atoms with Crippen molar-refractivity contribution in [2.45, 2.75) is 12.8 Å². The highest BCUT2D eigenvalue weighted by atomic mass is 19.1. The number of hydrogen-bond acceptors (Lipinski definition) is 5. The minimum absolute atomic E-state index is 0.162. The number of rotatable bonds is 6. The average Bonchev–Trinajstić information content (AvgIpc) is 3.27. The maximum atomic E-state index is 13.5. The van der Waals surface area contributed by atoms with Crippen LogP contribution in [-0.4, -0.2) is 35.7 Å². The van der Waals surface area contributed by atoms with Crippen molar-refractivity contribution in [2.24, 2.45) is 5.92 Å². The molecule has 0 aliphatic carbocycles. The van der Waals surface area contributed by atoms with Gasteiger partial charge in [-0.25, -0.2) is 18.3 Å². The lowest BCUT2D eigenvalue weighted by atomic mass is 10.1. The Morgan fingerprint density at radius 3 is 2.75 bits per heavy atom. The second kappa shape index (κ2) is 9.69. The molecule has 0 bridgehead atoms. The van der Waals surface area contributed by atoms with E-state index in [9.17, 15) is 18.4 Å². The number of aromatic nitrogens is 2. The summed E-state index contributed by atoms with van der Waals surface area (Å²) in [7, 11) is 0. The predicted octanol–water partition coefficient (Wildman–Crippen LogP) is 3.69. The predicted molar refractivity (Wildman–Crippen MR) is 113 cm³/mol. The van der Waals surface area contributed by atoms with E-state index in [2.05, 4.69) is 10.4 Å². The van der Waals surface area contributed by atoms with E-state index in [4.69, 9.17) is 9.47 Å². The summed E-state index contributed by atoms with van der Waals surface area (Å²) in [6.07, 6.45) is 1.82. The van der Waals surface area contributed by atoms with Crippen LogP contribution < -0.4 is 10.7 Å². The quantitative estimate of drug-likeness (QED) is 0.631. The van der Waals surface area contributed by atoms with E-state index in [0.29, 0.717) is 25.5 Å². The summed E-state index contributed by atoms with van der Waals surface area (Å²) in [5.41, 5.74) is 1.28. The molecule has 1 unspecified atom stereocenters. The molecule has 4 rings (SSSR count). The Morgan fingerprint density at radius 1 is 1.19 bits per heavy atom. The summed E-state index contributed by atoms with van der Waals surface area (Å²) in [5.74, 6) is -1.27. The molecule has 7 nitrogen and oxygen atoms in total. The lowest BCUT2D eigenvalue weighted by Crippen LogP contribution is -2.19. The number of carbonyl (C=O) groups is 1. The molecule has 0 saturated carbocycles. The van der Waals surface area contributed by atoms with Crippen LogP contribution in [0.25, 0.3) is 5.69 Å². The Hall–Kier alpha value is -3.59. The molecule has 1 fully saturated rings. The average molecular weight is 441 g/mol. The molecule has 1 saturated heterocycles. The third-order valence-corrected chi connectivity index (χ3v) is 5.01. The van der Waals surface area contributed by atoms with E-state index in [0.717, 1.165) is 30.2 Å². The van der Waals surface area contributed by atoms with Gasteiger partial charge < -0.3 is 9.47 Å². The van der Waals surface area contributed by atoms with Crippen LogP contribution in [0.3, 0.4) is 0 Å². The molecule has 1 atom stereocenters. The van der Waals surface area contributed by atoms with Crippen LogP contribution in [-0.2, 0) is 15.9 Å². The van der Waals surface area contributed by atoms with Crippen LogP contribution >= 0.6 is 0 Å². The molecule has 1 aliphatic rings. The van der Waals surface area contributed by atoms with Gasteiger partial charge in [-0.2, -0.15) is 5.10 Å². The Labute approximate surface area is 182 Å². The van der Waals surface area contributed by atoms with E-state index in [-0.39, 0.29) is 29.1 Å². The van der Waals surface area contributed by atoms with Crippen molar-refractivity contribution in [3.63, 3.8) is 0 Å². The van der Waals surface area contributed by atoms with E-state index in [1.54, 1.807) is 24.3 Å². The molecular weight excluding hydrogens is 420 g/mol. The molecule has 2 aromatic carbocycles. The van der Waals surface area contributed by atoms with Crippen LogP contribution in [0.15, 0.2) is 59.5 Å². The second-order valence-electron chi connectivity index (χ2n) is 7.53. The zero-order valence-corrected chi connectivity index (χ0v) is 17.1. The molecule has 1 amide bonds. The molecule has 166 valence electrons. The summed E-state index contributed by atoms with van der Waals surface area (Å²) < 4.78 is 38.8. The standard InChI is InChI=1S/C23H21F2N3O4/c24-17-10-18(25)12-20(11-17)28-6-4-22(29)21(27-28)9-15-2-1-3-19(8-15)26-23(30)32-14-16-5-7-31-13-16/h1-4,6,8,10-12,16H,5,7,9,13-14H2,(H,26,30). The topological polar surface area (TPSA) is 82.5 Å². The number of nitrogens with one attached hydrogen (secondary N) is 1. The fourth-order valence-corrected chi connectivity index (χ4v) is 3.40. The Kier molecular flexibility index (Phi) is 6.55. The molecule has 1 aromatic heterocycles. The van der Waals surface area contributed by atoms with E-state index in [1.165, 1.54) is 16.9 Å². The first-order valence-electron chi connectivity index (χ1n) is 10.1. The van der Waals surface area contributed by atoms with Crippen LogP contribution in [0.1, 0.15) is 17.7 Å². The van der Waals surface area contributed by atoms with Crippen molar-refractivity contribution in [1.82, 2.24) is 9.78 Å². The van der Waals surface area contributed by atoms with Crippen LogP contribution in [0.2, 0.25) is 0 Å². The number of benzene rings is 2. The molecule has 1 aliphatic heterocycles. The van der Waals surface area contributed by atoms with Crippen molar-refractivity contribution < 1.29 is 23.0 Å². The minimum Gasteiger partial charge on any atom is -0.449 e. The van der Waals surface area contributed by atoms with Gasteiger partial charge in [-0.15, -0.1) is 0 Å². The Morgan fingerprint density at radius 2 is 2.00 bits per heavy atom. The zero-order chi connectivity index (χ0) is 22.5. The number of amides is 1. The van der Waals surface area contributed by atoms with Crippen molar-refractivity contribution in [3.8, 4) is 5.69 Å². The summed E-state index contributed by atoms with van der Waals surface area (Å²) in [6, 6.07) is 11.2. The van der Waals surface area contributed by atoms with E-state index >= 15 is 0 Å². The fourth-order valence-electron chi connectivity index (χ4n) is 3.40. The SMILES string of the molecule is O=C(Nc1cccc(Cc2nn(-c3cc(F)cc(F)c3)ccc2=O)c1)OCC1CCOC1. The maximum absolute atomic E-state index is 13.5. The van der Waals surface area contributed by atoms with Crippen molar-refractivity contribution in [1.29, 1.82) is 0 Å². The third-order valence-electron chi connectivity index (χ3n) is 5.01. The summed E-state index contributed by atoms with van der Waals surface area (Å²) in [6.45, 7) is 1.56. The number of anilines is 1. The largest absolute Gasteiger partial charge is 0.449 e. The molecule has 2 heterocycles. The number of carbonyl (C=O) groups excluding carboxylic acids is 1. The van der Waals surface area contributed by atoms with Crippen LogP contribution in [0.4, 0.5) is 19.3 Å². The van der Waals surface area contributed by atoms with Crippen molar-refractivity contribution in [3.05, 3.63) is 87.8 Å². The molecule has 0 radical (unpaired) electrons. The lowest BCUT2D eigenvalue weighted by molar-refractivity contribution is 0.127. The monoisotopic (exact) mass is 441 g/mol. The van der Waals surface area contributed by atoms with Gasteiger partial charge in [0, 0.05) is 43.0 Å². The zero-order valence-electron chi connectivity index (χ0n) is 17.1. The van der Waals surface area contributed by atoms with Crippen molar-refractivity contribution >= 4 is 11.8 Å². The number of nitrogens with zero attached hydrogens (tertiary/aromatic N) is 2. The van der Waals surface area contributed by atoms with Crippen LogP contribution in [0.5, 0.6) is 0 Å². The first kappa shape index (κ1) is 21.6. The number of halogens is 2. The lowest BCUT2D eigenvalue weighted by Gasteiger charge is -2.11. The maximum Gasteiger partial charge on any atom is 0.411 e. The molecule has 32 heavy (non-hydrogen) atoms. The summed E-state index contributed by atoms with van der Waals surface area (Å²) in [4.78, 5) is 24.3. The number of ether oxygens (including phenoxy) is 2. The van der Waals surface area contributed by atoms with Gasteiger partial charge in [0.05, 0.1) is 18.9 Å². The van der Waals surface area contributed by atoms with Gasteiger partial charge in [0.2, 0.25) is 5.43 Å². The number of hydrogen-bond donors (Lipinski definition) is 1. The van der Waals surface area contributed by atoms with E-state index < -0.39 is 17.7 Å². The molecular formula is C23H21F2N3O4. The first-order valence-corrected chi connectivity index (χ1v) is 10.1. The third kappa shape index (κ3) is 5.55. The normalized spacial score (nSPS) is 15.5. The van der Waals surface area contributed by atoms with Gasteiger partial charge in [0.15, 0.2) is 0 Å². The molecule has 3 aromatic rings. The van der Waals surface area contributed by atoms with E-state index in [1.807, 2.05) is 0 Å². The van der Waals surface area contributed by atoms with Gasteiger partial charge in [0.1, 0.15) is 17.3 Å². The highest BCUT2D eigenvalue weighted by molar-refractivity contribution is 5.84.